The van der Waals surface area contributed by atoms with Gasteiger partial charge >= 0.3 is 5.97 Å². The first-order valence-electron chi connectivity index (χ1n) is 11.6. The van der Waals surface area contributed by atoms with Gasteiger partial charge in [-0.05, 0) is 74.1 Å². The molecule has 0 spiro atoms. The van der Waals surface area contributed by atoms with Crippen molar-refractivity contribution >= 4 is 11.7 Å². The maximum Gasteiger partial charge on any atom is 0.340 e. The highest BCUT2D eigenvalue weighted by Crippen LogP contribution is 2.42. The molecule has 7 nitrogen and oxygen atoms in total. The summed E-state index contributed by atoms with van der Waals surface area (Å²) < 4.78 is 5.94. The third kappa shape index (κ3) is 4.74. The standard InChI is InChI=1S/C26H32N2O5/c1-16-11-23(32-14-20-13-24(31)33-28-20)18(3)17(2)21(16)12-19-7-8-22(30)25(27-19)26(15-29)9-5-4-6-10-26/h7-8,11,29-30H,4-6,9-10,12-15H2,1-3H3. The van der Waals surface area contributed by atoms with Crippen molar-refractivity contribution in [2.75, 3.05) is 13.2 Å². The van der Waals surface area contributed by atoms with Crippen LogP contribution < -0.4 is 4.74 Å². The second-order valence-electron chi connectivity index (χ2n) is 9.35. The molecule has 4 rings (SSSR count). The van der Waals surface area contributed by atoms with E-state index in [0.717, 1.165) is 60.2 Å². The zero-order valence-corrected chi connectivity index (χ0v) is 19.6. The normalized spacial score (nSPS) is 17.6. The summed E-state index contributed by atoms with van der Waals surface area (Å²) in [6, 6.07) is 5.58. The van der Waals surface area contributed by atoms with Crippen LogP contribution in [0.5, 0.6) is 11.5 Å². The number of oxime groups is 1. The smallest absolute Gasteiger partial charge is 0.340 e. The first-order valence-corrected chi connectivity index (χ1v) is 11.6. The minimum Gasteiger partial charge on any atom is -0.506 e. The van der Waals surface area contributed by atoms with Gasteiger partial charge in [0.05, 0.1) is 18.7 Å². The van der Waals surface area contributed by atoms with Crippen LogP contribution in [-0.2, 0) is 21.5 Å². The predicted octanol–water partition coefficient (Wildman–Crippen LogP) is 4.18. The monoisotopic (exact) mass is 452 g/mol. The van der Waals surface area contributed by atoms with Crippen LogP contribution in [0.2, 0.25) is 0 Å². The molecule has 1 aromatic heterocycles. The van der Waals surface area contributed by atoms with Crippen molar-refractivity contribution in [2.45, 2.75) is 71.1 Å². The van der Waals surface area contributed by atoms with Crippen LogP contribution in [0, 0.1) is 20.8 Å². The Labute approximate surface area is 194 Å². The Kier molecular flexibility index (Phi) is 6.70. The van der Waals surface area contributed by atoms with Gasteiger partial charge in [-0.2, -0.15) is 0 Å². The lowest BCUT2D eigenvalue weighted by atomic mass is 9.72. The van der Waals surface area contributed by atoms with Crippen molar-refractivity contribution in [3.63, 3.8) is 0 Å². The average Bonchev–Trinajstić information content (AvgIpc) is 3.24. The van der Waals surface area contributed by atoms with E-state index in [9.17, 15) is 15.0 Å². The van der Waals surface area contributed by atoms with Crippen LogP contribution in [0.4, 0.5) is 0 Å². The van der Waals surface area contributed by atoms with Crippen LogP contribution in [0.1, 0.15) is 72.2 Å². The Morgan fingerprint density at radius 3 is 2.55 bits per heavy atom. The number of aliphatic hydroxyl groups is 1. The Morgan fingerprint density at radius 2 is 1.88 bits per heavy atom. The number of carbonyl (C=O) groups excluding carboxylic acids is 1. The van der Waals surface area contributed by atoms with Crippen molar-refractivity contribution in [1.29, 1.82) is 0 Å². The summed E-state index contributed by atoms with van der Waals surface area (Å²) in [5, 5.41) is 24.5. The van der Waals surface area contributed by atoms with Crippen molar-refractivity contribution in [1.82, 2.24) is 4.98 Å². The van der Waals surface area contributed by atoms with Gasteiger partial charge in [0, 0.05) is 17.5 Å². The minimum atomic E-state index is -0.454. The molecule has 0 saturated heterocycles. The fourth-order valence-electron chi connectivity index (χ4n) is 4.97. The van der Waals surface area contributed by atoms with E-state index >= 15 is 0 Å². The highest BCUT2D eigenvalue weighted by molar-refractivity contribution is 6.02. The lowest BCUT2D eigenvalue weighted by Gasteiger charge is -2.35. The highest BCUT2D eigenvalue weighted by atomic mass is 16.7. The number of hydrogen-bond donors (Lipinski definition) is 2. The number of hydrogen-bond acceptors (Lipinski definition) is 7. The lowest BCUT2D eigenvalue weighted by Crippen LogP contribution is -2.34. The van der Waals surface area contributed by atoms with E-state index in [-0.39, 0.29) is 31.4 Å². The molecule has 0 atom stereocenters. The molecular formula is C26H32N2O5. The quantitative estimate of drug-likeness (QED) is 0.611. The Balaban J connectivity index is 1.58. The van der Waals surface area contributed by atoms with E-state index in [1.54, 1.807) is 6.07 Å². The number of nitrogens with zero attached hydrogens (tertiary/aromatic N) is 2. The highest BCUT2D eigenvalue weighted by Gasteiger charge is 2.37. The lowest BCUT2D eigenvalue weighted by molar-refractivity contribution is -0.140. The fraction of sp³-hybridized carbons (Fsp3) is 0.500. The van der Waals surface area contributed by atoms with Gasteiger partial charge < -0.3 is 19.8 Å². The summed E-state index contributed by atoms with van der Waals surface area (Å²) in [6.07, 6.45) is 5.72. The molecule has 1 aliphatic heterocycles. The summed E-state index contributed by atoms with van der Waals surface area (Å²) >= 11 is 0. The third-order valence-corrected chi connectivity index (χ3v) is 7.13. The number of aliphatic hydroxyl groups excluding tert-OH is 1. The van der Waals surface area contributed by atoms with Gasteiger partial charge in [-0.1, -0.05) is 24.4 Å². The van der Waals surface area contributed by atoms with E-state index in [4.69, 9.17) is 9.72 Å². The first kappa shape index (κ1) is 23.2. The summed E-state index contributed by atoms with van der Waals surface area (Å²) in [7, 11) is 0. The summed E-state index contributed by atoms with van der Waals surface area (Å²) in [4.78, 5) is 20.7. The zero-order valence-electron chi connectivity index (χ0n) is 19.6. The maximum absolute atomic E-state index is 11.2. The van der Waals surface area contributed by atoms with Crippen LogP contribution in [0.3, 0.4) is 0 Å². The molecule has 1 aliphatic carbocycles. The molecule has 0 bridgehead atoms. The largest absolute Gasteiger partial charge is 0.506 e. The molecule has 33 heavy (non-hydrogen) atoms. The second kappa shape index (κ2) is 9.51. The van der Waals surface area contributed by atoms with E-state index in [2.05, 4.69) is 16.9 Å². The van der Waals surface area contributed by atoms with Crippen LogP contribution >= 0.6 is 0 Å². The average molecular weight is 453 g/mol. The topological polar surface area (TPSA) is 101 Å². The van der Waals surface area contributed by atoms with Gasteiger partial charge in [0.1, 0.15) is 23.8 Å². The van der Waals surface area contributed by atoms with Gasteiger partial charge in [0.25, 0.3) is 0 Å². The minimum absolute atomic E-state index is 0.00212. The fourth-order valence-corrected chi connectivity index (χ4v) is 4.97. The van der Waals surface area contributed by atoms with Gasteiger partial charge in [-0.25, -0.2) is 4.79 Å². The number of aromatic nitrogens is 1. The number of rotatable bonds is 7. The van der Waals surface area contributed by atoms with Gasteiger partial charge in [0.15, 0.2) is 0 Å². The number of aryl methyl sites for hydroxylation is 1. The SMILES string of the molecule is Cc1cc(OCC2=NOC(=O)C2)c(C)c(C)c1Cc1ccc(O)c(C2(CO)CCCCC2)n1. The molecule has 0 unspecified atom stereocenters. The van der Waals surface area contributed by atoms with Crippen molar-refractivity contribution in [3.8, 4) is 11.5 Å². The number of pyridine rings is 1. The number of carbonyl (C=O) groups is 1. The number of aromatic hydroxyl groups is 1. The molecule has 7 heteroatoms. The molecule has 2 N–H and O–H groups in total. The summed E-state index contributed by atoms with van der Waals surface area (Å²) in [6.45, 7) is 6.36. The maximum atomic E-state index is 11.2. The van der Waals surface area contributed by atoms with Crippen molar-refractivity contribution in [3.05, 3.63) is 51.8 Å². The zero-order chi connectivity index (χ0) is 23.6. The Morgan fingerprint density at radius 1 is 1.12 bits per heavy atom. The van der Waals surface area contributed by atoms with E-state index < -0.39 is 5.41 Å². The van der Waals surface area contributed by atoms with E-state index in [0.29, 0.717) is 17.8 Å². The van der Waals surface area contributed by atoms with Crippen LogP contribution in [0.15, 0.2) is 23.4 Å². The molecule has 176 valence electrons. The number of benzene rings is 1. The molecule has 1 fully saturated rings. The number of ether oxygens (including phenoxy) is 1. The molecule has 2 aliphatic rings. The summed E-state index contributed by atoms with van der Waals surface area (Å²) in [5.74, 6) is 0.571. The second-order valence-corrected chi connectivity index (χ2v) is 9.35. The van der Waals surface area contributed by atoms with E-state index in [1.165, 1.54) is 5.56 Å². The molecule has 0 amide bonds. The Hall–Kier alpha value is -2.93. The van der Waals surface area contributed by atoms with Crippen LogP contribution in [-0.4, -0.2) is 40.1 Å². The van der Waals surface area contributed by atoms with Crippen molar-refractivity contribution < 1.29 is 24.6 Å². The van der Waals surface area contributed by atoms with Gasteiger partial charge in [-0.15, -0.1) is 0 Å². The predicted molar refractivity (Wildman–Crippen MR) is 125 cm³/mol. The molecule has 1 aromatic carbocycles. The summed E-state index contributed by atoms with van der Waals surface area (Å²) in [5.41, 5.74) is 6.03. The van der Waals surface area contributed by atoms with Crippen LogP contribution in [0.25, 0.3) is 0 Å². The first-order chi connectivity index (χ1) is 15.8. The van der Waals surface area contributed by atoms with Crippen molar-refractivity contribution in [2.24, 2.45) is 5.16 Å². The van der Waals surface area contributed by atoms with Gasteiger partial charge in [-0.3, -0.25) is 4.98 Å². The molecule has 2 aromatic rings. The molecular weight excluding hydrogens is 420 g/mol. The van der Waals surface area contributed by atoms with Gasteiger partial charge in [0.2, 0.25) is 0 Å². The Bertz CT molecular complexity index is 1090. The molecule has 2 heterocycles. The third-order valence-electron chi connectivity index (χ3n) is 7.13. The molecule has 1 saturated carbocycles. The molecule has 0 radical (unpaired) electrons. The van der Waals surface area contributed by atoms with E-state index in [1.807, 2.05) is 26.0 Å².